The molecule has 0 unspecified atom stereocenters. The first-order valence-corrected chi connectivity index (χ1v) is 13.1. The zero-order valence-corrected chi connectivity index (χ0v) is 21.8. The highest BCUT2D eigenvalue weighted by Gasteiger charge is 2.24. The van der Waals surface area contributed by atoms with E-state index in [2.05, 4.69) is 90.4 Å². The van der Waals surface area contributed by atoms with Crippen LogP contribution in [0.2, 0.25) is 0 Å². The maximum Gasteiger partial charge on any atom is 0.207 e. The molecule has 0 aromatic heterocycles. The minimum absolute atomic E-state index is 0.236. The van der Waals surface area contributed by atoms with Crippen molar-refractivity contribution in [1.29, 1.82) is 0 Å². The van der Waals surface area contributed by atoms with Crippen molar-refractivity contribution in [1.82, 2.24) is 0 Å². The van der Waals surface area contributed by atoms with Gasteiger partial charge < -0.3 is 0 Å². The zero-order valence-electron chi connectivity index (χ0n) is 12.4. The molecule has 0 spiro atoms. The Kier molecular flexibility index (Phi) is 7.47. The van der Waals surface area contributed by atoms with Gasteiger partial charge in [-0.25, -0.2) is 8.42 Å². The normalized spacial score (nSPS) is 12.2. The monoisotopic (exact) mass is 778 g/mol. The van der Waals surface area contributed by atoms with E-state index in [0.717, 1.165) is 22.3 Å². The molecule has 0 aliphatic carbocycles. The molecule has 0 saturated carbocycles. The molecule has 0 bridgehead atoms. The van der Waals surface area contributed by atoms with E-state index in [9.17, 15) is 8.42 Å². The molecule has 0 heterocycles. The Balaban J connectivity index is 2.68. The molecule has 0 radical (unpaired) electrons. The first-order valence-electron chi connectivity index (χ1n) is 6.67. The van der Waals surface area contributed by atoms with Crippen molar-refractivity contribution >= 4 is 100 Å². The van der Waals surface area contributed by atoms with Crippen LogP contribution in [0.1, 0.15) is 26.1 Å². The summed E-state index contributed by atoms with van der Waals surface area (Å²) in [6.07, 6.45) is 0. The molecule has 0 fully saturated rings. The quantitative estimate of drug-likeness (QED) is 0.251. The lowest BCUT2D eigenvalue weighted by atomic mass is 10.2. The number of benzene rings is 2. The predicted molar refractivity (Wildman–Crippen MR) is 129 cm³/mol. The molecule has 2 aromatic carbocycles. The summed E-state index contributed by atoms with van der Waals surface area (Å²) in [4.78, 5) is 0.819. The van der Waals surface area contributed by atoms with Crippen LogP contribution in [0.25, 0.3) is 0 Å². The SMILES string of the molecule is Cc1ccc(C(I)I)cc1S(=O)(=O)c1cc(C(I)I)ccc1C. The molecule has 2 rings (SSSR count). The Hall–Kier alpha value is 1.31. The fraction of sp³-hybridized carbons (Fsp3) is 0.250. The number of sulfone groups is 1. The Morgan fingerprint density at radius 3 is 1.39 bits per heavy atom. The molecule has 0 saturated heterocycles. The van der Waals surface area contributed by atoms with E-state index in [0.29, 0.717) is 9.79 Å². The molecular weight excluding hydrogens is 764 g/mol. The van der Waals surface area contributed by atoms with Crippen molar-refractivity contribution in [2.45, 2.75) is 27.5 Å². The van der Waals surface area contributed by atoms with Crippen molar-refractivity contribution in [3.8, 4) is 0 Å². The van der Waals surface area contributed by atoms with Crippen LogP contribution in [0.15, 0.2) is 46.2 Å². The van der Waals surface area contributed by atoms with Crippen LogP contribution in [-0.4, -0.2) is 8.42 Å². The molecular formula is C16H14I4O2S. The Morgan fingerprint density at radius 2 is 1.09 bits per heavy atom. The van der Waals surface area contributed by atoms with Crippen LogP contribution in [0.5, 0.6) is 0 Å². The molecule has 0 aliphatic rings. The lowest BCUT2D eigenvalue weighted by Crippen LogP contribution is -2.07. The van der Waals surface area contributed by atoms with Crippen LogP contribution < -0.4 is 0 Å². The zero-order chi connectivity index (χ0) is 17.4. The predicted octanol–water partition coefficient (Wildman–Crippen LogP) is 6.87. The van der Waals surface area contributed by atoms with E-state index in [-0.39, 0.29) is 3.86 Å². The Morgan fingerprint density at radius 1 is 0.739 bits per heavy atom. The molecule has 7 heteroatoms. The third-order valence-electron chi connectivity index (χ3n) is 3.51. The summed E-state index contributed by atoms with van der Waals surface area (Å²) in [7, 11) is -3.53. The van der Waals surface area contributed by atoms with E-state index in [1.54, 1.807) is 0 Å². The van der Waals surface area contributed by atoms with E-state index in [1.165, 1.54) is 0 Å². The van der Waals surface area contributed by atoms with Gasteiger partial charge in [-0.1, -0.05) is 115 Å². The van der Waals surface area contributed by atoms with Gasteiger partial charge in [0.25, 0.3) is 0 Å². The largest absolute Gasteiger partial charge is 0.218 e. The standard InChI is InChI=1S/C16H14I4O2S/c1-9-3-5-11(15(17)18)7-13(9)23(21,22)14-8-12(16(19)20)6-4-10(14)2/h3-8,15-16H,1-2H3. The molecule has 0 aliphatic heterocycles. The third kappa shape index (κ3) is 4.73. The van der Waals surface area contributed by atoms with E-state index in [1.807, 2.05) is 50.2 Å². The van der Waals surface area contributed by atoms with Crippen molar-refractivity contribution in [2.75, 3.05) is 0 Å². The first kappa shape index (κ1) is 20.6. The number of rotatable bonds is 4. The highest BCUT2D eigenvalue weighted by Crippen LogP contribution is 2.37. The molecule has 2 nitrogen and oxygen atoms in total. The molecule has 0 N–H and O–H groups in total. The first-order chi connectivity index (χ1) is 10.6. The summed E-state index contributed by atoms with van der Waals surface area (Å²) in [5.74, 6) is 0. The van der Waals surface area contributed by atoms with Crippen molar-refractivity contribution < 1.29 is 8.42 Å². The third-order valence-corrected chi connectivity index (χ3v) is 8.42. The smallest absolute Gasteiger partial charge is 0.207 e. The van der Waals surface area contributed by atoms with Crippen molar-refractivity contribution in [2.24, 2.45) is 0 Å². The summed E-state index contributed by atoms with van der Waals surface area (Å²) >= 11 is 9.16. The number of alkyl halides is 4. The second-order valence-electron chi connectivity index (χ2n) is 5.15. The molecule has 0 amide bonds. The van der Waals surface area contributed by atoms with E-state index >= 15 is 0 Å². The van der Waals surface area contributed by atoms with Gasteiger partial charge in [-0.15, -0.1) is 0 Å². The fourth-order valence-corrected chi connectivity index (χ4v) is 5.56. The average Bonchev–Trinajstić information content (AvgIpc) is 2.47. The lowest BCUT2D eigenvalue weighted by Gasteiger charge is -2.14. The van der Waals surface area contributed by atoms with E-state index < -0.39 is 9.84 Å². The summed E-state index contributed by atoms with van der Waals surface area (Å²) < 4.78 is 26.9. The number of aryl methyl sites for hydroxylation is 2. The topological polar surface area (TPSA) is 34.1 Å². The van der Waals surface area contributed by atoms with Crippen LogP contribution >= 0.6 is 90.4 Å². The summed E-state index contributed by atoms with van der Waals surface area (Å²) in [6.45, 7) is 3.70. The Bertz CT molecular complexity index is 766. The molecule has 0 atom stereocenters. The van der Waals surface area contributed by atoms with E-state index in [4.69, 9.17) is 0 Å². The van der Waals surface area contributed by atoms with Crippen LogP contribution in [0.4, 0.5) is 0 Å². The van der Waals surface area contributed by atoms with Crippen LogP contribution in [-0.2, 0) is 9.84 Å². The fourth-order valence-electron chi connectivity index (χ4n) is 2.20. The van der Waals surface area contributed by atoms with Gasteiger partial charge in [0, 0.05) is 0 Å². The minimum Gasteiger partial charge on any atom is -0.218 e. The number of halogens is 4. The lowest BCUT2D eigenvalue weighted by molar-refractivity contribution is 0.594. The second-order valence-corrected chi connectivity index (χ2v) is 16.8. The summed E-state index contributed by atoms with van der Waals surface area (Å²) in [5.41, 5.74) is 3.61. The molecule has 124 valence electrons. The van der Waals surface area contributed by atoms with Gasteiger partial charge in [-0.05, 0) is 48.2 Å². The van der Waals surface area contributed by atoms with Crippen molar-refractivity contribution in [3.05, 3.63) is 58.7 Å². The van der Waals surface area contributed by atoms with Gasteiger partial charge in [0.15, 0.2) is 0 Å². The highest BCUT2D eigenvalue weighted by molar-refractivity contribution is 14.2. The maximum absolute atomic E-state index is 13.2. The molecule has 23 heavy (non-hydrogen) atoms. The number of hydrogen-bond acceptors (Lipinski definition) is 2. The van der Waals surface area contributed by atoms with Gasteiger partial charge in [-0.3, -0.25) is 0 Å². The van der Waals surface area contributed by atoms with Crippen LogP contribution in [0, 0.1) is 13.8 Å². The van der Waals surface area contributed by atoms with Gasteiger partial charge in [0.1, 0.15) is 0 Å². The molecule has 2 aromatic rings. The van der Waals surface area contributed by atoms with Gasteiger partial charge >= 0.3 is 0 Å². The summed E-state index contributed by atoms with van der Waals surface area (Å²) in [6, 6.07) is 11.4. The number of hydrogen-bond donors (Lipinski definition) is 0. The van der Waals surface area contributed by atoms with Crippen LogP contribution in [0.3, 0.4) is 0 Å². The highest BCUT2D eigenvalue weighted by atomic mass is 127. The summed E-state index contributed by atoms with van der Waals surface area (Å²) in [5, 5.41) is 0. The Labute approximate surface area is 192 Å². The van der Waals surface area contributed by atoms with Crippen molar-refractivity contribution in [3.63, 3.8) is 0 Å². The van der Waals surface area contributed by atoms with Gasteiger partial charge in [0.2, 0.25) is 9.84 Å². The average molecular weight is 778 g/mol. The van der Waals surface area contributed by atoms with Gasteiger partial charge in [0.05, 0.1) is 13.7 Å². The maximum atomic E-state index is 13.2. The minimum atomic E-state index is -3.53. The second kappa shape index (κ2) is 8.33. The van der Waals surface area contributed by atoms with Gasteiger partial charge in [-0.2, -0.15) is 0 Å².